The first-order valence-electron chi connectivity index (χ1n) is 6.44. The first-order chi connectivity index (χ1) is 10.7. The van der Waals surface area contributed by atoms with Crippen molar-refractivity contribution in [3.05, 3.63) is 10.2 Å². The van der Waals surface area contributed by atoms with E-state index >= 15 is 0 Å². The minimum atomic E-state index is -4.63. The molecule has 0 aromatic carbocycles. The number of ether oxygens (including phenoxy) is 1. The van der Waals surface area contributed by atoms with E-state index in [0.717, 1.165) is 0 Å². The number of nitrogen functional groups attached to an aromatic ring is 1. The number of hydrogen-bond donors (Lipinski definition) is 4. The molecule has 128 valence electrons. The molecule has 1 saturated heterocycles. The van der Waals surface area contributed by atoms with Gasteiger partial charge in [-0.2, -0.15) is 0 Å². The summed E-state index contributed by atoms with van der Waals surface area (Å²) in [6.45, 7) is -0.427. The minimum absolute atomic E-state index is 0. The number of aliphatic hydroxyl groups is 1. The van der Waals surface area contributed by atoms with E-state index in [-0.39, 0.29) is 41.8 Å². The number of aromatic nitrogens is 4. The van der Waals surface area contributed by atoms with Crippen LogP contribution in [0.1, 0.15) is 12.6 Å². The van der Waals surface area contributed by atoms with E-state index in [1.165, 1.54) is 6.33 Å². The molecule has 3 heterocycles. The van der Waals surface area contributed by atoms with Crippen molar-refractivity contribution in [2.24, 2.45) is 0 Å². The van der Waals surface area contributed by atoms with Crippen molar-refractivity contribution in [2.75, 3.05) is 12.3 Å². The van der Waals surface area contributed by atoms with Crippen molar-refractivity contribution >= 4 is 77.0 Å². The van der Waals surface area contributed by atoms with E-state index in [1.807, 2.05) is 22.6 Å². The Hall–Kier alpha value is 0.110. The second kappa shape index (κ2) is 7.78. The van der Waals surface area contributed by atoms with Crippen LogP contribution in [0.25, 0.3) is 11.2 Å². The summed E-state index contributed by atoms with van der Waals surface area (Å²) >= 11 is 1.92. The molecule has 2 aromatic rings. The molecule has 0 saturated carbocycles. The van der Waals surface area contributed by atoms with Crippen LogP contribution in [0.4, 0.5) is 5.82 Å². The Labute approximate surface area is 171 Å². The van der Waals surface area contributed by atoms with Crippen LogP contribution in [-0.4, -0.2) is 82.8 Å². The fourth-order valence-corrected chi connectivity index (χ4v) is 3.16. The number of phosphoric acid groups is 1. The van der Waals surface area contributed by atoms with Gasteiger partial charge in [-0.15, -0.1) is 0 Å². The summed E-state index contributed by atoms with van der Waals surface area (Å²) in [6.07, 6.45) is -0.757. The molecule has 1 aliphatic rings. The molecule has 5 N–H and O–H groups in total. The van der Waals surface area contributed by atoms with Crippen LogP contribution in [-0.2, 0) is 13.8 Å². The summed E-state index contributed by atoms with van der Waals surface area (Å²) in [4.78, 5) is 29.8. The summed E-state index contributed by atoms with van der Waals surface area (Å²) < 4.78 is 22.8. The molecule has 3 atom stereocenters. The number of anilines is 1. The normalized spacial score (nSPS) is 24.2. The van der Waals surface area contributed by atoms with E-state index in [1.54, 1.807) is 4.57 Å². The molecule has 1 aliphatic heterocycles. The number of aliphatic hydroxyl groups excluding tert-OH is 1. The van der Waals surface area contributed by atoms with Gasteiger partial charge in [0, 0.05) is 29.0 Å². The first kappa shape index (κ1) is 20.4. The number of phosphoric ester groups is 1. The SMILES string of the molecule is Nc1nc(I)nc2c1ncn2[C@H]1C[C@H](O)[C@@H](COP(=O)(O)O)O1.[NaH]. The summed E-state index contributed by atoms with van der Waals surface area (Å²) in [6, 6.07) is 0. The number of halogens is 1. The van der Waals surface area contributed by atoms with Gasteiger partial charge in [0.15, 0.2) is 15.3 Å². The van der Waals surface area contributed by atoms with Crippen molar-refractivity contribution in [3.8, 4) is 0 Å². The molecule has 0 bridgehead atoms. The quantitative estimate of drug-likeness (QED) is 0.187. The summed E-state index contributed by atoms with van der Waals surface area (Å²) in [7, 11) is -4.63. The molecular formula is C10H14IN5NaO6P. The molecule has 0 spiro atoms. The Bertz CT molecular complexity index is 786. The van der Waals surface area contributed by atoms with Gasteiger partial charge in [-0.1, -0.05) is 0 Å². The Kier molecular flexibility index (Phi) is 6.62. The summed E-state index contributed by atoms with van der Waals surface area (Å²) in [5.74, 6) is 0.234. The van der Waals surface area contributed by atoms with Crippen LogP contribution in [0.2, 0.25) is 0 Å². The third kappa shape index (κ3) is 4.44. The zero-order chi connectivity index (χ0) is 16.8. The average molecular weight is 481 g/mol. The third-order valence-corrected chi connectivity index (χ3v) is 4.31. The molecule has 3 rings (SSSR count). The van der Waals surface area contributed by atoms with E-state index in [0.29, 0.717) is 15.0 Å². The van der Waals surface area contributed by atoms with Crippen molar-refractivity contribution in [2.45, 2.75) is 24.9 Å². The Morgan fingerprint density at radius 1 is 1.50 bits per heavy atom. The summed E-state index contributed by atoms with van der Waals surface area (Å²) in [5, 5.41) is 9.99. The van der Waals surface area contributed by atoms with E-state index in [4.69, 9.17) is 20.3 Å². The Balaban J connectivity index is 0.00000208. The predicted molar refractivity (Wildman–Crippen MR) is 92.1 cm³/mol. The molecule has 0 radical (unpaired) electrons. The van der Waals surface area contributed by atoms with E-state index in [2.05, 4.69) is 19.5 Å². The summed E-state index contributed by atoms with van der Waals surface area (Å²) in [5.41, 5.74) is 6.66. The van der Waals surface area contributed by atoms with Crippen molar-refractivity contribution in [1.29, 1.82) is 0 Å². The van der Waals surface area contributed by atoms with Crippen molar-refractivity contribution in [1.82, 2.24) is 19.5 Å². The zero-order valence-electron chi connectivity index (χ0n) is 11.5. The van der Waals surface area contributed by atoms with Crippen molar-refractivity contribution < 1.29 is 28.7 Å². The van der Waals surface area contributed by atoms with Gasteiger partial charge in [-0.05, 0) is 0 Å². The zero-order valence-corrected chi connectivity index (χ0v) is 14.5. The van der Waals surface area contributed by atoms with E-state index < -0.39 is 32.9 Å². The fraction of sp³-hybridized carbons (Fsp3) is 0.500. The predicted octanol–water partition coefficient (Wildman–Crippen LogP) is -0.878. The van der Waals surface area contributed by atoms with Gasteiger partial charge in [0.1, 0.15) is 17.8 Å². The third-order valence-electron chi connectivity index (χ3n) is 3.34. The van der Waals surface area contributed by atoms with Crippen LogP contribution >= 0.6 is 30.4 Å². The molecule has 2 aromatic heterocycles. The number of imidazole rings is 1. The second-order valence-electron chi connectivity index (χ2n) is 4.92. The second-order valence-corrected chi connectivity index (χ2v) is 7.12. The molecule has 11 nitrogen and oxygen atoms in total. The topological polar surface area (TPSA) is 166 Å². The Morgan fingerprint density at radius 2 is 2.21 bits per heavy atom. The number of nitrogens with two attached hydrogens (primary N) is 1. The van der Waals surface area contributed by atoms with Crippen LogP contribution in [0, 0.1) is 3.83 Å². The van der Waals surface area contributed by atoms with E-state index in [9.17, 15) is 9.67 Å². The molecule has 24 heavy (non-hydrogen) atoms. The van der Waals surface area contributed by atoms with Gasteiger partial charge in [-0.3, -0.25) is 9.09 Å². The Morgan fingerprint density at radius 3 is 2.88 bits per heavy atom. The number of fused-ring (bicyclic) bond motifs is 1. The fourth-order valence-electron chi connectivity index (χ4n) is 2.33. The molecule has 0 amide bonds. The molecule has 14 heteroatoms. The number of hydrogen-bond acceptors (Lipinski definition) is 8. The van der Waals surface area contributed by atoms with Gasteiger partial charge >= 0.3 is 37.4 Å². The van der Waals surface area contributed by atoms with Gasteiger partial charge in [0.2, 0.25) is 0 Å². The van der Waals surface area contributed by atoms with Crippen LogP contribution in [0.3, 0.4) is 0 Å². The molecule has 0 aliphatic carbocycles. The molecule has 0 unspecified atom stereocenters. The van der Waals surface area contributed by atoms with Gasteiger partial charge in [0.05, 0.1) is 19.0 Å². The van der Waals surface area contributed by atoms with Gasteiger partial charge in [-0.25, -0.2) is 19.5 Å². The average Bonchev–Trinajstić information content (AvgIpc) is 2.99. The van der Waals surface area contributed by atoms with Crippen molar-refractivity contribution in [3.63, 3.8) is 0 Å². The van der Waals surface area contributed by atoms with Gasteiger partial charge in [0.25, 0.3) is 0 Å². The van der Waals surface area contributed by atoms with Crippen LogP contribution in [0.15, 0.2) is 6.33 Å². The monoisotopic (exact) mass is 481 g/mol. The van der Waals surface area contributed by atoms with Gasteiger partial charge < -0.3 is 25.4 Å². The number of nitrogens with zero attached hydrogens (tertiary/aromatic N) is 4. The van der Waals surface area contributed by atoms with Crippen LogP contribution in [0.5, 0.6) is 0 Å². The first-order valence-corrected chi connectivity index (χ1v) is 9.04. The number of rotatable bonds is 4. The van der Waals surface area contributed by atoms with Crippen LogP contribution < -0.4 is 5.73 Å². The maximum atomic E-state index is 10.7. The standard InChI is InChI=1S/C10H13IN5O6P.Na.H/c11-10-14-8(12)7-9(15-10)16(3-13-7)6-1-4(17)5(22-6)2-21-23(18,19)20;;/h3-6,17H,1-2H2,(H2,12,14,15)(H2,18,19,20);;/t4-,5+,6+;;/m0../s1. The molecule has 1 fully saturated rings. The molecular weight excluding hydrogens is 467 g/mol. The maximum absolute atomic E-state index is 10.7.